The molecule has 0 aliphatic heterocycles. The van der Waals surface area contributed by atoms with E-state index >= 15 is 0 Å². The third-order valence-electron chi connectivity index (χ3n) is 4.78. The number of hydrogen-bond donors (Lipinski definition) is 0. The molecule has 0 aliphatic carbocycles. The number of thioether (sulfide) groups is 1. The molecule has 0 aliphatic rings. The summed E-state index contributed by atoms with van der Waals surface area (Å²) in [6.45, 7) is 6.54. The second-order valence-corrected chi connectivity index (χ2v) is 9.69. The highest BCUT2D eigenvalue weighted by Crippen LogP contribution is 2.22. The van der Waals surface area contributed by atoms with Crippen LogP contribution in [-0.2, 0) is 11.3 Å². The van der Waals surface area contributed by atoms with Crippen molar-refractivity contribution in [1.29, 1.82) is 0 Å². The average Bonchev–Trinajstić information content (AvgIpc) is 3.41. The van der Waals surface area contributed by atoms with Gasteiger partial charge in [-0.25, -0.2) is 0 Å². The molecule has 0 fully saturated rings. The first kappa shape index (κ1) is 22.5. The van der Waals surface area contributed by atoms with E-state index in [1.165, 1.54) is 22.2 Å². The molecule has 0 radical (unpaired) electrons. The highest BCUT2D eigenvalue weighted by molar-refractivity contribution is 7.99. The Kier molecular flexibility index (Phi) is 8.07. The Labute approximate surface area is 186 Å². The highest BCUT2D eigenvalue weighted by atomic mass is 32.2. The molecule has 0 saturated carbocycles. The lowest BCUT2D eigenvalue weighted by molar-refractivity contribution is -0.129. The fraction of sp³-hybridized carbons (Fsp3) is 0.409. The third kappa shape index (κ3) is 6.17. The first-order chi connectivity index (χ1) is 14.4. The molecule has 0 N–H and O–H groups in total. The normalized spacial score (nSPS) is 11.4. The topological polar surface area (TPSA) is 54.3 Å². The number of thiophene rings is 1. The van der Waals surface area contributed by atoms with Gasteiger partial charge in [0.25, 0.3) is 0 Å². The lowest BCUT2D eigenvalue weighted by atomic mass is 10.0. The summed E-state index contributed by atoms with van der Waals surface area (Å²) in [5.74, 6) is 0.935. The summed E-state index contributed by atoms with van der Waals surface area (Å²) in [6.07, 6.45) is 1.70. The van der Waals surface area contributed by atoms with E-state index in [0.717, 1.165) is 17.4 Å². The van der Waals surface area contributed by atoms with Gasteiger partial charge in [-0.15, -0.1) is 21.5 Å². The Morgan fingerprint density at radius 1 is 1.17 bits per heavy atom. The lowest BCUT2D eigenvalue weighted by Crippen LogP contribution is -2.37. The van der Waals surface area contributed by atoms with E-state index in [0.29, 0.717) is 24.8 Å². The van der Waals surface area contributed by atoms with Gasteiger partial charge in [0.15, 0.2) is 5.16 Å². The lowest BCUT2D eigenvalue weighted by Gasteiger charge is -2.24. The zero-order chi connectivity index (χ0) is 21.5. The molecule has 2 aromatic heterocycles. The molecule has 0 spiro atoms. The van der Waals surface area contributed by atoms with Gasteiger partial charge in [-0.1, -0.05) is 43.8 Å². The molecular weight excluding hydrogens is 414 g/mol. The summed E-state index contributed by atoms with van der Waals surface area (Å²) in [6, 6.07) is 12.5. The van der Waals surface area contributed by atoms with Gasteiger partial charge >= 0.3 is 0 Å². The van der Waals surface area contributed by atoms with Gasteiger partial charge in [0.05, 0.1) is 12.3 Å². The van der Waals surface area contributed by atoms with E-state index in [1.54, 1.807) is 17.7 Å². The van der Waals surface area contributed by atoms with E-state index < -0.39 is 0 Å². The molecule has 1 amide bonds. The molecule has 0 atom stereocenters. The fourth-order valence-corrected chi connectivity index (χ4v) is 4.49. The maximum absolute atomic E-state index is 13.0. The predicted octanol–water partition coefficient (Wildman–Crippen LogP) is 4.13. The second-order valence-electron chi connectivity index (χ2n) is 7.72. The molecule has 3 aromatic rings. The SMILES string of the molecule is CC(C)c1ccc(-n2cnnc2SCC(=O)N(CCN(C)C)Cc2cccs2)cc1. The van der Waals surface area contributed by atoms with Crippen LogP contribution in [-0.4, -0.2) is 63.4 Å². The largest absolute Gasteiger partial charge is 0.336 e. The van der Waals surface area contributed by atoms with Gasteiger partial charge < -0.3 is 9.80 Å². The van der Waals surface area contributed by atoms with Gasteiger partial charge in [-0.2, -0.15) is 0 Å². The number of rotatable bonds is 10. The van der Waals surface area contributed by atoms with Crippen molar-refractivity contribution in [3.8, 4) is 5.69 Å². The van der Waals surface area contributed by atoms with Gasteiger partial charge in [0.1, 0.15) is 6.33 Å². The van der Waals surface area contributed by atoms with E-state index in [1.807, 2.05) is 35.0 Å². The second kappa shape index (κ2) is 10.7. The molecule has 2 heterocycles. The van der Waals surface area contributed by atoms with Crippen molar-refractivity contribution >= 4 is 29.0 Å². The number of hydrogen-bond acceptors (Lipinski definition) is 6. The quantitative estimate of drug-likeness (QED) is 0.441. The van der Waals surface area contributed by atoms with Crippen LogP contribution in [0.5, 0.6) is 0 Å². The molecule has 0 bridgehead atoms. The Hall–Kier alpha value is -2.16. The van der Waals surface area contributed by atoms with Crippen LogP contribution in [0, 0.1) is 0 Å². The van der Waals surface area contributed by atoms with Crippen LogP contribution < -0.4 is 0 Å². The van der Waals surface area contributed by atoms with Crippen LogP contribution in [0.2, 0.25) is 0 Å². The van der Waals surface area contributed by atoms with E-state index in [4.69, 9.17) is 0 Å². The Morgan fingerprint density at radius 2 is 1.93 bits per heavy atom. The minimum atomic E-state index is 0.111. The molecule has 0 unspecified atom stereocenters. The summed E-state index contributed by atoms with van der Waals surface area (Å²) < 4.78 is 1.94. The van der Waals surface area contributed by atoms with Crippen molar-refractivity contribution in [3.05, 3.63) is 58.5 Å². The van der Waals surface area contributed by atoms with Gasteiger partial charge in [0, 0.05) is 23.7 Å². The number of aromatic nitrogens is 3. The summed E-state index contributed by atoms with van der Waals surface area (Å²) in [4.78, 5) is 18.2. The Bertz CT molecular complexity index is 919. The standard InChI is InChI=1S/C22H29N5OS2/c1-17(2)18-7-9-19(10-8-18)27-16-23-24-22(27)30-15-21(28)26(12-11-25(3)4)14-20-6-5-13-29-20/h5-10,13,16-17H,11-12,14-15H2,1-4H3. The maximum Gasteiger partial charge on any atom is 0.233 e. The molecule has 160 valence electrons. The van der Waals surface area contributed by atoms with Crippen LogP contribution in [0.25, 0.3) is 5.69 Å². The number of nitrogens with zero attached hydrogens (tertiary/aromatic N) is 5. The van der Waals surface area contributed by atoms with Crippen molar-refractivity contribution in [2.75, 3.05) is 32.9 Å². The van der Waals surface area contributed by atoms with Crippen LogP contribution in [0.4, 0.5) is 0 Å². The van der Waals surface area contributed by atoms with Crippen molar-refractivity contribution in [3.63, 3.8) is 0 Å². The smallest absolute Gasteiger partial charge is 0.233 e. The number of amides is 1. The van der Waals surface area contributed by atoms with Gasteiger partial charge in [-0.3, -0.25) is 9.36 Å². The zero-order valence-corrected chi connectivity index (χ0v) is 19.6. The first-order valence-corrected chi connectivity index (χ1v) is 11.9. The summed E-state index contributed by atoms with van der Waals surface area (Å²) in [7, 11) is 4.05. The monoisotopic (exact) mass is 443 g/mol. The van der Waals surface area contributed by atoms with E-state index in [9.17, 15) is 4.79 Å². The first-order valence-electron chi connectivity index (χ1n) is 10.0. The number of likely N-dealkylation sites (N-methyl/N-ethyl adjacent to an activating group) is 1. The minimum absolute atomic E-state index is 0.111. The molecular formula is C22H29N5OS2. The van der Waals surface area contributed by atoms with Crippen molar-refractivity contribution in [2.24, 2.45) is 0 Å². The van der Waals surface area contributed by atoms with Gasteiger partial charge in [0.2, 0.25) is 5.91 Å². The fourth-order valence-electron chi connectivity index (χ4n) is 2.94. The Morgan fingerprint density at radius 3 is 2.57 bits per heavy atom. The van der Waals surface area contributed by atoms with E-state index in [2.05, 4.69) is 59.3 Å². The van der Waals surface area contributed by atoms with Crippen LogP contribution in [0.3, 0.4) is 0 Å². The molecule has 8 heteroatoms. The highest BCUT2D eigenvalue weighted by Gasteiger charge is 2.17. The summed E-state index contributed by atoms with van der Waals surface area (Å²) in [5, 5.41) is 11.1. The predicted molar refractivity (Wildman–Crippen MR) is 124 cm³/mol. The molecule has 6 nitrogen and oxygen atoms in total. The molecule has 30 heavy (non-hydrogen) atoms. The van der Waals surface area contributed by atoms with Gasteiger partial charge in [-0.05, 0) is 49.2 Å². The molecule has 1 aromatic carbocycles. The molecule has 0 saturated heterocycles. The number of carbonyl (C=O) groups excluding carboxylic acids is 1. The zero-order valence-electron chi connectivity index (χ0n) is 18.0. The Balaban J connectivity index is 1.66. The number of carbonyl (C=O) groups is 1. The maximum atomic E-state index is 13.0. The van der Waals surface area contributed by atoms with Crippen molar-refractivity contribution < 1.29 is 4.79 Å². The number of benzene rings is 1. The summed E-state index contributed by atoms with van der Waals surface area (Å²) in [5.41, 5.74) is 2.30. The van der Waals surface area contributed by atoms with E-state index in [-0.39, 0.29) is 5.91 Å². The van der Waals surface area contributed by atoms with Crippen LogP contribution >= 0.6 is 23.1 Å². The average molecular weight is 444 g/mol. The van der Waals surface area contributed by atoms with Crippen LogP contribution in [0.1, 0.15) is 30.2 Å². The van der Waals surface area contributed by atoms with Crippen molar-refractivity contribution in [1.82, 2.24) is 24.6 Å². The summed E-state index contributed by atoms with van der Waals surface area (Å²) >= 11 is 3.11. The third-order valence-corrected chi connectivity index (χ3v) is 6.56. The molecule has 3 rings (SSSR count). The van der Waals surface area contributed by atoms with Crippen molar-refractivity contribution in [2.45, 2.75) is 31.5 Å². The van der Waals surface area contributed by atoms with Crippen LogP contribution in [0.15, 0.2) is 53.3 Å². The minimum Gasteiger partial charge on any atom is -0.336 e.